The number of alkyl halides is 4. The van der Waals surface area contributed by atoms with Gasteiger partial charge in [-0.1, -0.05) is 18.2 Å². The van der Waals surface area contributed by atoms with Crippen LogP contribution in [0.1, 0.15) is 29.2 Å². The summed E-state index contributed by atoms with van der Waals surface area (Å²) < 4.78 is 50.2. The molecule has 0 saturated heterocycles. The summed E-state index contributed by atoms with van der Waals surface area (Å²) in [4.78, 5) is 0. The molecule has 17 heavy (non-hydrogen) atoms. The molecule has 0 spiro atoms. The molecule has 1 N–H and O–H groups in total. The van der Waals surface area contributed by atoms with Gasteiger partial charge in [-0.15, -0.1) is 0 Å². The summed E-state index contributed by atoms with van der Waals surface area (Å²) in [6.07, 6.45) is -3.77. The van der Waals surface area contributed by atoms with Gasteiger partial charge >= 0.3 is 12.3 Å². The zero-order chi connectivity index (χ0) is 12.6. The average molecular weight is 248 g/mol. The summed E-state index contributed by atoms with van der Waals surface area (Å²) in [6.45, 7) is 0. The van der Waals surface area contributed by atoms with Crippen LogP contribution in [0.25, 0.3) is 0 Å². The fourth-order valence-corrected chi connectivity index (χ4v) is 2.10. The fraction of sp³-hybridized carbons (Fsp3) is 0.500. The third kappa shape index (κ3) is 2.16. The van der Waals surface area contributed by atoms with E-state index in [1.165, 1.54) is 12.1 Å². The highest BCUT2D eigenvalue weighted by Crippen LogP contribution is 2.37. The van der Waals surface area contributed by atoms with Crippen LogP contribution >= 0.6 is 0 Å². The number of fused-ring (bicyclic) bond motifs is 1. The van der Waals surface area contributed by atoms with Crippen molar-refractivity contribution in [2.24, 2.45) is 0 Å². The lowest BCUT2D eigenvalue weighted by Gasteiger charge is -2.22. The minimum absolute atomic E-state index is 0.143. The molecule has 0 aliphatic heterocycles. The van der Waals surface area contributed by atoms with Crippen LogP contribution in [-0.4, -0.2) is 17.5 Å². The molecule has 1 aliphatic rings. The average Bonchev–Trinajstić information content (AvgIpc) is 2.74. The predicted octanol–water partition coefficient (Wildman–Crippen LogP) is 3.11. The molecule has 0 heterocycles. The second-order valence-corrected chi connectivity index (χ2v) is 4.26. The first-order chi connectivity index (χ1) is 7.93. The topological polar surface area (TPSA) is 20.2 Å². The molecule has 0 aromatic heterocycles. The van der Waals surface area contributed by atoms with E-state index in [1.54, 1.807) is 6.07 Å². The number of rotatable bonds is 3. The van der Waals surface area contributed by atoms with E-state index in [2.05, 4.69) is 0 Å². The summed E-state index contributed by atoms with van der Waals surface area (Å²) in [5, 5.41) is 9.32. The minimum atomic E-state index is -4.41. The van der Waals surface area contributed by atoms with Gasteiger partial charge in [-0.3, -0.25) is 0 Å². The molecule has 1 nitrogen and oxygen atoms in total. The maximum Gasteiger partial charge on any atom is 0.336 e. The summed E-state index contributed by atoms with van der Waals surface area (Å²) in [7, 11) is 0. The zero-order valence-corrected chi connectivity index (χ0v) is 8.97. The fourth-order valence-electron chi connectivity index (χ4n) is 2.10. The Kier molecular flexibility index (Phi) is 3.12. The summed E-state index contributed by atoms with van der Waals surface area (Å²) in [6, 6.07) is 4.33. The van der Waals surface area contributed by atoms with Crippen LogP contribution in [0, 0.1) is 0 Å². The van der Waals surface area contributed by atoms with Gasteiger partial charge in [0.15, 0.2) is 0 Å². The number of halogens is 4. The summed E-state index contributed by atoms with van der Waals surface area (Å²) in [5.74, 6) is -4.41. The Morgan fingerprint density at radius 1 is 1.12 bits per heavy atom. The molecule has 1 unspecified atom stereocenters. The van der Waals surface area contributed by atoms with Gasteiger partial charge in [0.05, 0.1) is 0 Å². The number of aliphatic hydroxyl groups is 1. The Morgan fingerprint density at radius 3 is 2.41 bits per heavy atom. The quantitative estimate of drug-likeness (QED) is 0.815. The first-order valence-corrected chi connectivity index (χ1v) is 5.38. The van der Waals surface area contributed by atoms with Crippen LogP contribution in [0.4, 0.5) is 17.6 Å². The Morgan fingerprint density at radius 2 is 1.76 bits per heavy atom. The van der Waals surface area contributed by atoms with E-state index in [1.807, 2.05) is 0 Å². The van der Waals surface area contributed by atoms with Crippen molar-refractivity contribution < 1.29 is 22.7 Å². The number of aryl methyl sites for hydroxylation is 2. The molecule has 1 aromatic carbocycles. The molecule has 1 atom stereocenters. The van der Waals surface area contributed by atoms with Gasteiger partial charge in [-0.25, -0.2) is 8.78 Å². The Labute approximate surface area is 96.1 Å². The molecule has 5 heteroatoms. The van der Waals surface area contributed by atoms with Crippen LogP contribution in [0.2, 0.25) is 0 Å². The highest BCUT2D eigenvalue weighted by atomic mass is 19.3. The SMILES string of the molecule is OC(c1ccc2c(c1)CCC2)C(F)(F)C(F)F. The standard InChI is InChI=1S/C12H12F4O/c13-11(14)12(15,16)10(17)9-5-4-7-2-1-3-8(7)6-9/h4-6,10-11,17H,1-3H2. The lowest BCUT2D eigenvalue weighted by Crippen LogP contribution is -2.34. The van der Waals surface area contributed by atoms with Gasteiger partial charge in [0.25, 0.3) is 0 Å². The Hall–Kier alpha value is -1.10. The monoisotopic (exact) mass is 248 g/mol. The van der Waals surface area contributed by atoms with E-state index in [9.17, 15) is 22.7 Å². The largest absolute Gasteiger partial charge is 0.382 e. The highest BCUT2D eigenvalue weighted by molar-refractivity contribution is 5.36. The van der Waals surface area contributed by atoms with Crippen LogP contribution < -0.4 is 0 Å². The van der Waals surface area contributed by atoms with Crippen molar-refractivity contribution >= 4 is 0 Å². The number of benzene rings is 1. The van der Waals surface area contributed by atoms with Gasteiger partial charge in [-0.05, 0) is 36.0 Å². The molecular formula is C12H12F4O. The molecule has 0 radical (unpaired) electrons. The smallest absolute Gasteiger partial charge is 0.336 e. The normalized spacial score (nSPS) is 17.3. The van der Waals surface area contributed by atoms with Gasteiger partial charge in [-0.2, -0.15) is 8.78 Å². The Balaban J connectivity index is 2.29. The second-order valence-electron chi connectivity index (χ2n) is 4.26. The maximum atomic E-state index is 13.0. The number of aliphatic hydroxyl groups excluding tert-OH is 1. The third-order valence-corrected chi connectivity index (χ3v) is 3.09. The van der Waals surface area contributed by atoms with Crippen LogP contribution in [-0.2, 0) is 12.8 Å². The van der Waals surface area contributed by atoms with Crippen LogP contribution in [0.5, 0.6) is 0 Å². The van der Waals surface area contributed by atoms with Gasteiger partial charge in [0.1, 0.15) is 6.10 Å². The summed E-state index contributed by atoms with van der Waals surface area (Å²) >= 11 is 0. The van der Waals surface area contributed by atoms with E-state index < -0.39 is 18.5 Å². The van der Waals surface area contributed by atoms with Crippen LogP contribution in [0.3, 0.4) is 0 Å². The molecule has 0 bridgehead atoms. The second kappa shape index (κ2) is 4.29. The van der Waals surface area contributed by atoms with E-state index in [0.29, 0.717) is 0 Å². The number of hydrogen-bond donors (Lipinski definition) is 1. The van der Waals surface area contributed by atoms with Gasteiger partial charge in [0.2, 0.25) is 0 Å². The van der Waals surface area contributed by atoms with Crippen LogP contribution in [0.15, 0.2) is 18.2 Å². The van der Waals surface area contributed by atoms with Gasteiger partial charge < -0.3 is 5.11 Å². The zero-order valence-electron chi connectivity index (χ0n) is 8.97. The maximum absolute atomic E-state index is 13.0. The van der Waals surface area contributed by atoms with E-state index in [4.69, 9.17) is 0 Å². The lowest BCUT2D eigenvalue weighted by atomic mass is 9.99. The molecule has 0 fully saturated rings. The van der Waals surface area contributed by atoms with Gasteiger partial charge in [0, 0.05) is 0 Å². The van der Waals surface area contributed by atoms with Crippen molar-refractivity contribution in [1.29, 1.82) is 0 Å². The third-order valence-electron chi connectivity index (χ3n) is 3.09. The lowest BCUT2D eigenvalue weighted by molar-refractivity contribution is -0.193. The van der Waals surface area contributed by atoms with E-state index in [-0.39, 0.29) is 5.56 Å². The number of hydrogen-bond acceptors (Lipinski definition) is 1. The molecule has 1 aliphatic carbocycles. The summed E-state index contributed by atoms with van der Waals surface area (Å²) in [5.41, 5.74) is 1.77. The van der Waals surface area contributed by atoms with Crippen molar-refractivity contribution in [1.82, 2.24) is 0 Å². The van der Waals surface area contributed by atoms with Crippen molar-refractivity contribution in [3.8, 4) is 0 Å². The van der Waals surface area contributed by atoms with Crippen molar-refractivity contribution in [3.63, 3.8) is 0 Å². The molecule has 94 valence electrons. The van der Waals surface area contributed by atoms with E-state index >= 15 is 0 Å². The highest BCUT2D eigenvalue weighted by Gasteiger charge is 2.48. The minimum Gasteiger partial charge on any atom is -0.382 e. The first kappa shape index (κ1) is 12.4. The molecule has 2 rings (SSSR count). The first-order valence-electron chi connectivity index (χ1n) is 5.38. The Bertz CT molecular complexity index is 417. The molecule has 1 aromatic rings. The predicted molar refractivity (Wildman–Crippen MR) is 54.4 cm³/mol. The van der Waals surface area contributed by atoms with Crippen molar-refractivity contribution in [3.05, 3.63) is 34.9 Å². The molecule has 0 amide bonds. The molecule has 0 saturated carbocycles. The van der Waals surface area contributed by atoms with Crippen molar-refractivity contribution in [2.75, 3.05) is 0 Å². The van der Waals surface area contributed by atoms with Crippen molar-refractivity contribution in [2.45, 2.75) is 37.7 Å². The molecular weight excluding hydrogens is 236 g/mol. The van der Waals surface area contributed by atoms with E-state index in [0.717, 1.165) is 30.4 Å².